The van der Waals surface area contributed by atoms with E-state index in [1.807, 2.05) is 30.3 Å². The number of ether oxygens (including phenoxy) is 3. The molecule has 3 aromatic carbocycles. The van der Waals surface area contributed by atoms with Crippen molar-refractivity contribution < 1.29 is 19.0 Å². The molecule has 0 saturated heterocycles. The molecule has 1 aromatic heterocycles. The minimum atomic E-state index is -0.174. The molecule has 4 rings (SSSR count). The Morgan fingerprint density at radius 2 is 1.69 bits per heavy atom. The minimum absolute atomic E-state index is 0.174. The van der Waals surface area contributed by atoms with E-state index in [0.29, 0.717) is 43.2 Å². The van der Waals surface area contributed by atoms with Gasteiger partial charge < -0.3 is 24.1 Å². The van der Waals surface area contributed by atoms with Gasteiger partial charge in [0.1, 0.15) is 18.2 Å². The summed E-state index contributed by atoms with van der Waals surface area (Å²) in [5, 5.41) is 2.98. The number of carbonyl (C=O) groups is 1. The molecule has 4 aromatic rings. The molecule has 1 N–H and O–H groups in total. The number of nitrogens with one attached hydrogen (secondary N) is 1. The molecule has 0 saturated carbocycles. The second kappa shape index (κ2) is 11.0. The van der Waals surface area contributed by atoms with Crippen LogP contribution < -0.4 is 19.5 Å². The van der Waals surface area contributed by atoms with Crippen LogP contribution >= 0.6 is 0 Å². The molecule has 0 spiro atoms. The second-order valence-electron chi connectivity index (χ2n) is 8.42. The molecule has 182 valence electrons. The van der Waals surface area contributed by atoms with E-state index < -0.39 is 0 Å². The Bertz CT molecular complexity index is 1310. The number of hydrogen-bond donors (Lipinski definition) is 1. The van der Waals surface area contributed by atoms with Gasteiger partial charge in [-0.3, -0.25) is 4.79 Å². The SMILES string of the molecule is COc1ccc(C(=O)NCCc2nc3ccccc3n2CCOc2cc(C)cc(C)c2)cc1OC. The van der Waals surface area contributed by atoms with Crippen molar-refractivity contribution in [3.63, 3.8) is 0 Å². The maximum atomic E-state index is 12.7. The van der Waals surface area contributed by atoms with E-state index in [4.69, 9.17) is 19.2 Å². The van der Waals surface area contributed by atoms with Crippen molar-refractivity contribution >= 4 is 16.9 Å². The quantitative estimate of drug-likeness (QED) is 0.361. The topological polar surface area (TPSA) is 74.6 Å². The first-order valence-electron chi connectivity index (χ1n) is 11.6. The van der Waals surface area contributed by atoms with Gasteiger partial charge in [-0.15, -0.1) is 0 Å². The van der Waals surface area contributed by atoms with Crippen LogP contribution in [0.5, 0.6) is 17.2 Å². The minimum Gasteiger partial charge on any atom is -0.493 e. The maximum Gasteiger partial charge on any atom is 0.251 e. The summed E-state index contributed by atoms with van der Waals surface area (Å²) in [6.45, 7) is 5.77. The third-order valence-electron chi connectivity index (χ3n) is 5.79. The molecule has 0 aliphatic carbocycles. The van der Waals surface area contributed by atoms with Gasteiger partial charge in [-0.2, -0.15) is 0 Å². The molecule has 0 atom stereocenters. The van der Waals surface area contributed by atoms with Gasteiger partial charge >= 0.3 is 0 Å². The lowest BCUT2D eigenvalue weighted by Gasteiger charge is -2.13. The first-order valence-corrected chi connectivity index (χ1v) is 11.6. The molecule has 1 heterocycles. The predicted octanol–water partition coefficient (Wildman–Crippen LogP) is 4.72. The van der Waals surface area contributed by atoms with Gasteiger partial charge in [0.25, 0.3) is 5.91 Å². The number of carbonyl (C=O) groups excluding carboxylic acids is 1. The maximum absolute atomic E-state index is 12.7. The summed E-state index contributed by atoms with van der Waals surface area (Å²) in [6.07, 6.45) is 0.595. The highest BCUT2D eigenvalue weighted by Gasteiger charge is 2.13. The fourth-order valence-corrected chi connectivity index (χ4v) is 4.20. The van der Waals surface area contributed by atoms with Crippen LogP contribution in [-0.2, 0) is 13.0 Å². The van der Waals surface area contributed by atoms with Crippen molar-refractivity contribution in [1.82, 2.24) is 14.9 Å². The molecular weight excluding hydrogens is 442 g/mol. The van der Waals surface area contributed by atoms with Crippen LogP contribution in [0.1, 0.15) is 27.3 Å². The van der Waals surface area contributed by atoms with E-state index in [1.54, 1.807) is 32.4 Å². The molecule has 0 radical (unpaired) electrons. The van der Waals surface area contributed by atoms with Crippen LogP contribution in [0.15, 0.2) is 60.7 Å². The van der Waals surface area contributed by atoms with Crippen molar-refractivity contribution in [1.29, 1.82) is 0 Å². The summed E-state index contributed by atoms with van der Waals surface area (Å²) in [7, 11) is 3.12. The summed E-state index contributed by atoms with van der Waals surface area (Å²) in [6, 6.07) is 19.4. The van der Waals surface area contributed by atoms with Crippen molar-refractivity contribution in [3.8, 4) is 17.2 Å². The summed E-state index contributed by atoms with van der Waals surface area (Å²) >= 11 is 0. The summed E-state index contributed by atoms with van der Waals surface area (Å²) in [5.41, 5.74) is 4.86. The van der Waals surface area contributed by atoms with Crippen molar-refractivity contribution in [2.24, 2.45) is 0 Å². The van der Waals surface area contributed by atoms with E-state index in [2.05, 4.69) is 35.9 Å². The number of benzene rings is 3. The number of methoxy groups -OCH3 is 2. The first kappa shape index (κ1) is 24.1. The van der Waals surface area contributed by atoms with Crippen LogP contribution in [-0.4, -0.2) is 42.8 Å². The lowest BCUT2D eigenvalue weighted by Crippen LogP contribution is -2.26. The number of amides is 1. The average molecular weight is 474 g/mol. The van der Waals surface area contributed by atoms with Crippen LogP contribution in [0.2, 0.25) is 0 Å². The lowest BCUT2D eigenvalue weighted by molar-refractivity contribution is 0.0953. The Labute approximate surface area is 205 Å². The Morgan fingerprint density at radius 3 is 2.43 bits per heavy atom. The number of fused-ring (bicyclic) bond motifs is 1. The number of aromatic nitrogens is 2. The molecule has 0 aliphatic heterocycles. The highest BCUT2D eigenvalue weighted by atomic mass is 16.5. The van der Waals surface area contributed by atoms with E-state index >= 15 is 0 Å². The predicted molar refractivity (Wildman–Crippen MR) is 137 cm³/mol. The number of nitrogens with zero attached hydrogens (tertiary/aromatic N) is 2. The van der Waals surface area contributed by atoms with Crippen LogP contribution in [0.25, 0.3) is 11.0 Å². The zero-order valence-corrected chi connectivity index (χ0v) is 20.6. The van der Waals surface area contributed by atoms with Gasteiger partial charge in [0.2, 0.25) is 0 Å². The van der Waals surface area contributed by atoms with Gasteiger partial charge in [-0.25, -0.2) is 4.98 Å². The van der Waals surface area contributed by atoms with Crippen molar-refractivity contribution in [2.45, 2.75) is 26.8 Å². The molecule has 0 fully saturated rings. The smallest absolute Gasteiger partial charge is 0.251 e. The monoisotopic (exact) mass is 473 g/mol. The number of para-hydroxylation sites is 2. The molecule has 7 nitrogen and oxygen atoms in total. The Balaban J connectivity index is 1.42. The fraction of sp³-hybridized carbons (Fsp3) is 0.286. The van der Waals surface area contributed by atoms with E-state index in [9.17, 15) is 4.79 Å². The average Bonchev–Trinajstić information content (AvgIpc) is 3.20. The summed E-state index contributed by atoms with van der Waals surface area (Å²) in [5.74, 6) is 2.71. The molecule has 0 bridgehead atoms. The highest BCUT2D eigenvalue weighted by molar-refractivity contribution is 5.94. The zero-order valence-electron chi connectivity index (χ0n) is 20.6. The number of rotatable bonds is 10. The van der Waals surface area contributed by atoms with Gasteiger partial charge in [0, 0.05) is 18.5 Å². The summed E-state index contributed by atoms with van der Waals surface area (Å²) in [4.78, 5) is 17.5. The van der Waals surface area contributed by atoms with Gasteiger partial charge in [-0.1, -0.05) is 18.2 Å². The van der Waals surface area contributed by atoms with Crippen LogP contribution in [0.3, 0.4) is 0 Å². The van der Waals surface area contributed by atoms with Crippen LogP contribution in [0.4, 0.5) is 0 Å². The zero-order chi connectivity index (χ0) is 24.8. The summed E-state index contributed by atoms with van der Waals surface area (Å²) < 4.78 is 18.8. The van der Waals surface area contributed by atoms with E-state index in [0.717, 1.165) is 22.6 Å². The van der Waals surface area contributed by atoms with Gasteiger partial charge in [-0.05, 0) is 67.4 Å². The van der Waals surface area contributed by atoms with E-state index in [1.165, 1.54) is 11.1 Å². The number of aryl methyl sites for hydroxylation is 2. The number of imidazole rings is 1. The molecule has 7 heteroatoms. The molecular formula is C28H31N3O4. The Morgan fingerprint density at radius 1 is 0.943 bits per heavy atom. The first-order chi connectivity index (χ1) is 17.0. The van der Waals surface area contributed by atoms with Crippen molar-refractivity contribution in [3.05, 3.63) is 83.2 Å². The third-order valence-corrected chi connectivity index (χ3v) is 5.79. The molecule has 35 heavy (non-hydrogen) atoms. The largest absolute Gasteiger partial charge is 0.493 e. The normalized spacial score (nSPS) is 10.9. The van der Waals surface area contributed by atoms with E-state index in [-0.39, 0.29) is 5.91 Å². The third kappa shape index (κ3) is 5.74. The Hall–Kier alpha value is -4.00. The molecule has 0 aliphatic rings. The standard InChI is InChI=1S/C28H31N3O4/c1-19-15-20(2)17-22(16-19)35-14-13-31-24-8-6-5-7-23(24)30-27(31)11-12-29-28(32)21-9-10-25(33-3)26(18-21)34-4/h5-10,15-18H,11-14H2,1-4H3,(H,29,32). The Kier molecular flexibility index (Phi) is 7.55. The van der Waals surface area contributed by atoms with Gasteiger partial charge in [0.05, 0.1) is 31.8 Å². The molecule has 0 unspecified atom stereocenters. The lowest BCUT2D eigenvalue weighted by atomic mass is 10.1. The van der Waals surface area contributed by atoms with Crippen molar-refractivity contribution in [2.75, 3.05) is 27.4 Å². The fourth-order valence-electron chi connectivity index (χ4n) is 4.20. The highest BCUT2D eigenvalue weighted by Crippen LogP contribution is 2.27. The number of hydrogen-bond acceptors (Lipinski definition) is 5. The van der Waals surface area contributed by atoms with Gasteiger partial charge in [0.15, 0.2) is 11.5 Å². The molecule has 1 amide bonds. The second-order valence-corrected chi connectivity index (χ2v) is 8.42. The van der Waals surface area contributed by atoms with Crippen LogP contribution in [0, 0.1) is 13.8 Å².